The number of sulfone groups is 1. The van der Waals surface area contributed by atoms with Gasteiger partial charge in [0.15, 0.2) is 27.3 Å². The molecule has 4 atom stereocenters. The molecule has 1 heterocycles. The summed E-state index contributed by atoms with van der Waals surface area (Å²) >= 11 is 6.26. The van der Waals surface area contributed by atoms with E-state index in [2.05, 4.69) is 15.3 Å². The first-order valence-electron chi connectivity index (χ1n) is 11.1. The lowest BCUT2D eigenvalue weighted by Gasteiger charge is -2.34. The van der Waals surface area contributed by atoms with Crippen LogP contribution in [-0.4, -0.2) is 29.5 Å². The number of halogens is 4. The first-order valence-corrected chi connectivity index (χ1v) is 13.1. The largest absolute Gasteiger partial charge is 0.348 e. The first-order chi connectivity index (χ1) is 16.6. The van der Waals surface area contributed by atoms with Crippen molar-refractivity contribution in [1.82, 2.24) is 9.97 Å². The van der Waals surface area contributed by atoms with Crippen LogP contribution < -0.4 is 5.32 Å². The van der Waals surface area contributed by atoms with Crippen molar-refractivity contribution in [1.29, 1.82) is 0 Å². The van der Waals surface area contributed by atoms with Gasteiger partial charge in [-0.2, -0.15) is 0 Å². The third-order valence-electron chi connectivity index (χ3n) is 7.07. The molecule has 0 saturated heterocycles. The zero-order valence-electron chi connectivity index (χ0n) is 18.3. The summed E-state index contributed by atoms with van der Waals surface area (Å²) in [6.07, 6.45) is 6.23. The van der Waals surface area contributed by atoms with Gasteiger partial charge in [-0.25, -0.2) is 26.6 Å². The molecule has 35 heavy (non-hydrogen) atoms. The monoisotopic (exact) mass is 523 g/mol. The van der Waals surface area contributed by atoms with E-state index in [0.717, 1.165) is 18.7 Å². The predicted molar refractivity (Wildman–Crippen MR) is 123 cm³/mol. The normalized spacial score (nSPS) is 23.9. The average molecular weight is 524 g/mol. The summed E-state index contributed by atoms with van der Waals surface area (Å²) in [5.41, 5.74) is -0.371. The Labute approximate surface area is 204 Å². The molecule has 0 spiro atoms. The Bertz CT molecular complexity index is 1360. The molecule has 0 radical (unpaired) electrons. The standard InChI is InChI=1S/C24H21ClF3N3O3S/c25-17-4-3-14(24(32)31-15-10-18(26)22(28)19(27)11-15)9-20(17)35(33,34)16-7-12-1-2-13(8-16)21(12)23-29-5-6-30-23/h3-6,9-13,16,21H,1-2,7-8H2,(H,29,30)(H,31,32)/t12-,13?,16-,21-/m0/s1. The molecule has 0 aliphatic heterocycles. The summed E-state index contributed by atoms with van der Waals surface area (Å²) in [7, 11) is -3.87. The molecule has 2 aliphatic rings. The minimum Gasteiger partial charge on any atom is -0.348 e. The van der Waals surface area contributed by atoms with E-state index in [4.69, 9.17) is 11.6 Å². The van der Waals surface area contributed by atoms with E-state index >= 15 is 0 Å². The highest BCUT2D eigenvalue weighted by molar-refractivity contribution is 7.92. The molecule has 1 amide bonds. The van der Waals surface area contributed by atoms with Crippen molar-refractivity contribution in [2.75, 3.05) is 5.32 Å². The zero-order chi connectivity index (χ0) is 24.9. The Kier molecular flexibility index (Phi) is 6.13. The van der Waals surface area contributed by atoms with Gasteiger partial charge in [0.05, 0.1) is 15.2 Å². The summed E-state index contributed by atoms with van der Waals surface area (Å²) in [5, 5.41) is 1.59. The smallest absolute Gasteiger partial charge is 0.255 e. The van der Waals surface area contributed by atoms with Crippen LogP contribution in [-0.2, 0) is 9.84 Å². The van der Waals surface area contributed by atoms with Crippen LogP contribution in [0.15, 0.2) is 47.6 Å². The van der Waals surface area contributed by atoms with E-state index < -0.39 is 38.4 Å². The van der Waals surface area contributed by atoms with Crippen LogP contribution in [0.1, 0.15) is 47.8 Å². The van der Waals surface area contributed by atoms with Gasteiger partial charge in [0.1, 0.15) is 5.82 Å². The molecule has 2 aromatic carbocycles. The average Bonchev–Trinajstić information content (AvgIpc) is 3.42. The lowest BCUT2D eigenvalue weighted by Crippen LogP contribution is -2.34. The number of nitrogens with zero attached hydrogens (tertiary/aromatic N) is 1. The fourth-order valence-electron chi connectivity index (χ4n) is 5.51. The van der Waals surface area contributed by atoms with Crippen LogP contribution in [0.4, 0.5) is 18.9 Å². The maximum Gasteiger partial charge on any atom is 0.255 e. The van der Waals surface area contributed by atoms with Gasteiger partial charge in [-0.15, -0.1) is 0 Å². The van der Waals surface area contributed by atoms with Gasteiger partial charge in [0, 0.05) is 41.7 Å². The minimum atomic E-state index is -3.87. The molecule has 2 N–H and O–H groups in total. The summed E-state index contributed by atoms with van der Waals surface area (Å²) in [4.78, 5) is 20.1. The van der Waals surface area contributed by atoms with Gasteiger partial charge < -0.3 is 10.3 Å². The van der Waals surface area contributed by atoms with Crippen molar-refractivity contribution in [2.24, 2.45) is 11.8 Å². The van der Waals surface area contributed by atoms with Gasteiger partial charge in [-0.1, -0.05) is 11.6 Å². The Morgan fingerprint density at radius 3 is 2.31 bits per heavy atom. The molecule has 6 nitrogen and oxygen atoms in total. The van der Waals surface area contributed by atoms with Crippen molar-refractivity contribution in [3.05, 3.63) is 76.6 Å². The molecule has 5 rings (SSSR count). The van der Waals surface area contributed by atoms with Crippen molar-refractivity contribution in [3.63, 3.8) is 0 Å². The second-order valence-corrected chi connectivity index (χ2v) is 11.7. The van der Waals surface area contributed by atoms with Crippen molar-refractivity contribution < 1.29 is 26.4 Å². The number of nitrogens with one attached hydrogen (secondary N) is 2. The van der Waals surface area contributed by atoms with Gasteiger partial charge in [0.25, 0.3) is 5.91 Å². The Morgan fingerprint density at radius 2 is 1.71 bits per heavy atom. The number of aromatic nitrogens is 2. The second-order valence-electron chi connectivity index (χ2n) is 9.09. The first kappa shape index (κ1) is 23.9. The van der Waals surface area contributed by atoms with Crippen molar-refractivity contribution in [2.45, 2.75) is 41.7 Å². The number of hydrogen-bond acceptors (Lipinski definition) is 4. The highest BCUT2D eigenvalue weighted by atomic mass is 35.5. The highest BCUT2D eigenvalue weighted by Gasteiger charge is 2.48. The number of H-pyrrole nitrogens is 1. The predicted octanol–water partition coefficient (Wildman–Crippen LogP) is 5.48. The van der Waals surface area contributed by atoms with Gasteiger partial charge >= 0.3 is 0 Å². The molecule has 2 bridgehead atoms. The number of rotatable bonds is 5. The number of carbonyl (C=O) groups is 1. The van der Waals surface area contributed by atoms with Crippen LogP contribution in [0, 0.1) is 29.3 Å². The van der Waals surface area contributed by atoms with Crippen LogP contribution in [0.5, 0.6) is 0 Å². The van der Waals surface area contributed by atoms with E-state index in [9.17, 15) is 26.4 Å². The molecule has 1 unspecified atom stereocenters. The SMILES string of the molecule is O=C(Nc1cc(F)c(F)c(F)c1)c1ccc(Cl)c(S(=O)(=O)[C@@H]2CC3CC[C@@H](C2)[C@@H]3c2ncc[nH]2)c1. The van der Waals surface area contributed by atoms with Crippen LogP contribution in [0.25, 0.3) is 0 Å². The quantitative estimate of drug-likeness (QED) is 0.433. The number of amides is 1. The molecule has 11 heteroatoms. The Morgan fingerprint density at radius 1 is 1.06 bits per heavy atom. The summed E-state index contributed by atoms with van der Waals surface area (Å²) in [5.74, 6) is -3.96. The minimum absolute atomic E-state index is 0.0130. The van der Waals surface area contributed by atoms with Crippen LogP contribution in [0.2, 0.25) is 5.02 Å². The number of fused-ring (bicyclic) bond motifs is 2. The molecule has 2 aliphatic carbocycles. The van der Waals surface area contributed by atoms with Gasteiger partial charge in [0.2, 0.25) is 0 Å². The molecule has 3 aromatic rings. The van der Waals surface area contributed by atoms with Gasteiger partial charge in [-0.05, 0) is 55.7 Å². The lowest BCUT2D eigenvalue weighted by atomic mass is 9.78. The van der Waals surface area contributed by atoms with E-state index in [1.54, 1.807) is 12.4 Å². The van der Waals surface area contributed by atoms with Crippen molar-refractivity contribution in [3.8, 4) is 0 Å². The van der Waals surface area contributed by atoms with E-state index in [0.29, 0.717) is 25.0 Å². The fraction of sp³-hybridized carbons (Fsp3) is 0.333. The molecule has 2 saturated carbocycles. The highest BCUT2D eigenvalue weighted by Crippen LogP contribution is 2.53. The number of imidazole rings is 1. The summed E-state index contributed by atoms with van der Waals surface area (Å²) in [6, 6.07) is 5.06. The zero-order valence-corrected chi connectivity index (χ0v) is 19.8. The third-order valence-corrected chi connectivity index (χ3v) is 9.73. The third kappa shape index (κ3) is 4.33. The Balaban J connectivity index is 1.39. The van der Waals surface area contributed by atoms with Crippen LogP contribution in [0.3, 0.4) is 0 Å². The number of carbonyl (C=O) groups excluding carboxylic acids is 1. The van der Waals surface area contributed by atoms with E-state index in [1.807, 2.05) is 0 Å². The number of aromatic amines is 1. The maximum absolute atomic E-state index is 13.6. The number of hydrogen-bond donors (Lipinski definition) is 2. The second kappa shape index (κ2) is 8.98. The lowest BCUT2D eigenvalue weighted by molar-refractivity contribution is 0.102. The van der Waals surface area contributed by atoms with E-state index in [1.165, 1.54) is 18.2 Å². The summed E-state index contributed by atoms with van der Waals surface area (Å²) in [6.45, 7) is 0. The fourth-order valence-corrected chi connectivity index (χ4v) is 7.94. The number of anilines is 1. The Hall–Kier alpha value is -2.85. The molecule has 2 fully saturated rings. The topological polar surface area (TPSA) is 91.9 Å². The van der Waals surface area contributed by atoms with Gasteiger partial charge in [-0.3, -0.25) is 4.79 Å². The maximum atomic E-state index is 13.6. The summed E-state index contributed by atoms with van der Waals surface area (Å²) < 4.78 is 67.4. The van der Waals surface area contributed by atoms with E-state index in [-0.39, 0.29) is 38.9 Å². The molecule has 1 aromatic heterocycles. The van der Waals surface area contributed by atoms with Crippen LogP contribution >= 0.6 is 11.6 Å². The molecular weight excluding hydrogens is 503 g/mol. The number of benzene rings is 2. The molecule has 184 valence electrons. The van der Waals surface area contributed by atoms with Crippen molar-refractivity contribution >= 4 is 33.0 Å². The molecular formula is C24H21ClF3N3O3S.